The molecule has 0 spiro atoms. The second kappa shape index (κ2) is 6.00. The van der Waals surface area contributed by atoms with Crippen molar-refractivity contribution < 1.29 is 14.3 Å². The molecule has 0 N–H and O–H groups in total. The Labute approximate surface area is 120 Å². The number of carbonyl (C=O) groups excluding carboxylic acids is 2. The van der Waals surface area contributed by atoms with Crippen molar-refractivity contribution >= 4 is 33.4 Å². The van der Waals surface area contributed by atoms with E-state index in [-0.39, 0.29) is 18.4 Å². The van der Waals surface area contributed by atoms with Gasteiger partial charge in [0.1, 0.15) is 6.54 Å². The van der Waals surface area contributed by atoms with Crippen LogP contribution < -0.4 is 4.80 Å². The molecule has 0 fully saturated rings. The fraction of sp³-hybridized carbons (Fsp3) is 0.357. The minimum Gasteiger partial charge on any atom is -0.465 e. The fourth-order valence-electron chi connectivity index (χ4n) is 2.01. The topological polar surface area (TPSA) is 60.7 Å². The quantitative estimate of drug-likeness (QED) is 0.813. The van der Waals surface area contributed by atoms with Crippen molar-refractivity contribution in [1.82, 2.24) is 4.57 Å². The molecule has 1 heterocycles. The predicted molar refractivity (Wildman–Crippen MR) is 77.4 cm³/mol. The number of benzene rings is 1. The molecule has 0 atom stereocenters. The van der Waals surface area contributed by atoms with E-state index >= 15 is 0 Å². The van der Waals surface area contributed by atoms with Gasteiger partial charge >= 0.3 is 5.97 Å². The zero-order chi connectivity index (χ0) is 14.7. The number of carbonyl (C=O) groups is 2. The van der Waals surface area contributed by atoms with Crippen LogP contribution >= 0.6 is 11.3 Å². The molecular weight excluding hydrogens is 276 g/mol. The van der Waals surface area contributed by atoms with Crippen molar-refractivity contribution in [2.75, 3.05) is 6.61 Å². The van der Waals surface area contributed by atoms with Gasteiger partial charge in [0, 0.05) is 6.92 Å². The first kappa shape index (κ1) is 14.5. The normalized spacial score (nSPS) is 11.8. The van der Waals surface area contributed by atoms with E-state index in [0.29, 0.717) is 11.4 Å². The first-order valence-corrected chi connectivity index (χ1v) is 7.14. The van der Waals surface area contributed by atoms with Gasteiger partial charge in [-0.05, 0) is 25.5 Å². The van der Waals surface area contributed by atoms with Crippen molar-refractivity contribution in [3.63, 3.8) is 0 Å². The van der Waals surface area contributed by atoms with E-state index in [2.05, 4.69) is 4.99 Å². The van der Waals surface area contributed by atoms with Gasteiger partial charge in [0.15, 0.2) is 4.80 Å². The van der Waals surface area contributed by atoms with Gasteiger partial charge in [-0.3, -0.25) is 9.59 Å². The van der Waals surface area contributed by atoms with E-state index in [1.54, 1.807) is 11.5 Å². The molecule has 0 saturated heterocycles. The fourth-order valence-corrected chi connectivity index (χ4v) is 3.16. The molecule has 106 valence electrons. The molecule has 0 unspecified atom stereocenters. The predicted octanol–water partition coefficient (Wildman–Crippen LogP) is 2.02. The number of hydrogen-bond acceptors (Lipinski definition) is 4. The number of thiazole rings is 1. The Hall–Kier alpha value is -1.95. The smallest absolute Gasteiger partial charge is 0.326 e. The summed E-state index contributed by atoms with van der Waals surface area (Å²) in [5.41, 5.74) is 1.96. The highest BCUT2D eigenvalue weighted by Crippen LogP contribution is 2.20. The number of nitrogens with zero attached hydrogens (tertiary/aromatic N) is 2. The Morgan fingerprint density at radius 2 is 2.15 bits per heavy atom. The lowest BCUT2D eigenvalue weighted by atomic mass is 10.2. The molecule has 2 aromatic rings. The summed E-state index contributed by atoms with van der Waals surface area (Å²) in [6.07, 6.45) is 0. The van der Waals surface area contributed by atoms with Crippen LogP contribution in [0.2, 0.25) is 0 Å². The van der Waals surface area contributed by atoms with Crippen LogP contribution in [0.5, 0.6) is 0 Å². The largest absolute Gasteiger partial charge is 0.465 e. The monoisotopic (exact) mass is 292 g/mol. The van der Waals surface area contributed by atoms with Crippen LogP contribution in [0.15, 0.2) is 23.2 Å². The molecule has 20 heavy (non-hydrogen) atoms. The van der Waals surface area contributed by atoms with Crippen LogP contribution in [0.1, 0.15) is 19.4 Å². The van der Waals surface area contributed by atoms with Gasteiger partial charge in [-0.2, -0.15) is 4.99 Å². The lowest BCUT2D eigenvalue weighted by molar-refractivity contribution is -0.143. The average Bonchev–Trinajstić information content (AvgIpc) is 2.68. The van der Waals surface area contributed by atoms with Crippen LogP contribution in [0.3, 0.4) is 0 Å². The molecule has 0 radical (unpaired) electrons. The van der Waals surface area contributed by atoms with Gasteiger partial charge < -0.3 is 9.30 Å². The molecule has 1 aromatic heterocycles. The van der Waals surface area contributed by atoms with Crippen LogP contribution in [0.4, 0.5) is 0 Å². The van der Waals surface area contributed by atoms with Gasteiger partial charge in [-0.15, -0.1) is 0 Å². The number of esters is 1. The minimum atomic E-state index is -0.333. The summed E-state index contributed by atoms with van der Waals surface area (Å²) in [6, 6.07) is 5.86. The number of hydrogen-bond donors (Lipinski definition) is 0. The highest BCUT2D eigenvalue weighted by atomic mass is 32.1. The van der Waals surface area contributed by atoms with E-state index in [0.717, 1.165) is 15.8 Å². The van der Waals surface area contributed by atoms with Gasteiger partial charge in [0.05, 0.1) is 16.8 Å². The molecule has 0 aliphatic carbocycles. The Bertz CT molecular complexity index is 728. The second-order valence-corrected chi connectivity index (χ2v) is 5.34. The van der Waals surface area contributed by atoms with Crippen molar-refractivity contribution in [1.29, 1.82) is 0 Å². The third kappa shape index (κ3) is 2.96. The van der Waals surface area contributed by atoms with Gasteiger partial charge in [-0.1, -0.05) is 23.5 Å². The van der Waals surface area contributed by atoms with E-state index in [4.69, 9.17) is 4.74 Å². The maximum Gasteiger partial charge on any atom is 0.326 e. The lowest BCUT2D eigenvalue weighted by Crippen LogP contribution is -2.23. The van der Waals surface area contributed by atoms with Crippen molar-refractivity contribution in [2.45, 2.75) is 27.3 Å². The maximum atomic E-state index is 11.7. The lowest BCUT2D eigenvalue weighted by Gasteiger charge is -2.06. The summed E-state index contributed by atoms with van der Waals surface area (Å²) >= 11 is 1.39. The Morgan fingerprint density at radius 1 is 1.40 bits per heavy atom. The number of aryl methyl sites for hydroxylation is 1. The molecule has 0 saturated carbocycles. The Balaban J connectivity index is 2.64. The number of ether oxygens (including phenoxy) is 1. The molecule has 0 bridgehead atoms. The number of para-hydroxylation sites is 1. The molecule has 5 nitrogen and oxygen atoms in total. The first-order valence-electron chi connectivity index (χ1n) is 6.32. The van der Waals surface area contributed by atoms with E-state index in [9.17, 15) is 9.59 Å². The van der Waals surface area contributed by atoms with E-state index < -0.39 is 0 Å². The van der Waals surface area contributed by atoms with Crippen LogP contribution in [-0.4, -0.2) is 23.1 Å². The third-order valence-electron chi connectivity index (χ3n) is 2.75. The van der Waals surface area contributed by atoms with Crippen LogP contribution in [0.25, 0.3) is 10.2 Å². The summed E-state index contributed by atoms with van der Waals surface area (Å²) in [6.45, 7) is 5.52. The molecule has 2 rings (SSSR count). The number of amides is 1. The SMILES string of the molecule is CCOC(=O)Cn1c(=NC(C)=O)sc2cccc(C)c21. The van der Waals surface area contributed by atoms with Crippen molar-refractivity contribution in [2.24, 2.45) is 4.99 Å². The average molecular weight is 292 g/mol. The number of aromatic nitrogens is 1. The van der Waals surface area contributed by atoms with Gasteiger partial charge in [0.25, 0.3) is 0 Å². The number of rotatable bonds is 3. The summed E-state index contributed by atoms with van der Waals surface area (Å²) in [7, 11) is 0. The zero-order valence-electron chi connectivity index (χ0n) is 11.7. The molecule has 6 heteroatoms. The molecule has 1 amide bonds. The zero-order valence-corrected chi connectivity index (χ0v) is 12.5. The first-order chi connectivity index (χ1) is 9.52. The Morgan fingerprint density at radius 3 is 2.80 bits per heavy atom. The summed E-state index contributed by atoms with van der Waals surface area (Å²) in [5.74, 6) is -0.618. The van der Waals surface area contributed by atoms with Crippen molar-refractivity contribution in [3.05, 3.63) is 28.6 Å². The standard InChI is InChI=1S/C14H16N2O3S/c1-4-19-12(18)8-16-13-9(2)6-5-7-11(13)20-14(16)15-10(3)17/h5-7H,4,8H2,1-3H3. The molecular formula is C14H16N2O3S. The van der Waals surface area contributed by atoms with E-state index in [1.165, 1.54) is 18.3 Å². The van der Waals surface area contributed by atoms with Crippen LogP contribution in [0, 0.1) is 6.92 Å². The molecule has 1 aromatic carbocycles. The maximum absolute atomic E-state index is 11.7. The highest BCUT2D eigenvalue weighted by Gasteiger charge is 2.12. The van der Waals surface area contributed by atoms with Crippen molar-refractivity contribution in [3.8, 4) is 0 Å². The molecule has 0 aliphatic rings. The van der Waals surface area contributed by atoms with Gasteiger partial charge in [0.2, 0.25) is 5.91 Å². The Kier molecular flexibility index (Phi) is 4.34. The summed E-state index contributed by atoms with van der Waals surface area (Å²) < 4.78 is 7.72. The van der Waals surface area contributed by atoms with Gasteiger partial charge in [-0.25, -0.2) is 0 Å². The van der Waals surface area contributed by atoms with Crippen LogP contribution in [-0.2, 0) is 20.9 Å². The summed E-state index contributed by atoms with van der Waals surface area (Å²) in [5, 5.41) is 0. The number of fused-ring (bicyclic) bond motifs is 1. The second-order valence-electron chi connectivity index (χ2n) is 4.33. The minimum absolute atomic E-state index is 0.0603. The van der Waals surface area contributed by atoms with E-state index in [1.807, 2.05) is 25.1 Å². The molecule has 0 aliphatic heterocycles. The highest BCUT2D eigenvalue weighted by molar-refractivity contribution is 7.16. The third-order valence-corrected chi connectivity index (χ3v) is 3.79. The summed E-state index contributed by atoms with van der Waals surface area (Å²) in [4.78, 5) is 27.5.